The largest absolute Gasteiger partial charge is 0.490 e. The Hall–Kier alpha value is -2.77. The van der Waals surface area contributed by atoms with Gasteiger partial charge in [0, 0.05) is 32.0 Å². The van der Waals surface area contributed by atoms with Gasteiger partial charge in [0.15, 0.2) is 0 Å². The fourth-order valence-corrected chi connectivity index (χ4v) is 3.10. The van der Waals surface area contributed by atoms with Crippen LogP contribution in [0.3, 0.4) is 0 Å². The van der Waals surface area contributed by atoms with Crippen LogP contribution < -0.4 is 10.4 Å². The van der Waals surface area contributed by atoms with E-state index in [9.17, 15) is 22.8 Å². The molecular weight excluding hydrogens is 363 g/mol. The molecule has 1 aliphatic heterocycles. The molecule has 3 rings (SSSR count). The lowest BCUT2D eigenvalue weighted by atomic mass is 10.0. The molecule has 1 fully saturated rings. The van der Waals surface area contributed by atoms with E-state index in [0.717, 1.165) is 6.07 Å². The minimum atomic E-state index is -4.58. The Morgan fingerprint density at radius 2 is 1.85 bits per heavy atom. The number of piperidine rings is 1. The average molecular weight is 381 g/mol. The van der Waals surface area contributed by atoms with Gasteiger partial charge >= 0.3 is 11.8 Å². The fourth-order valence-electron chi connectivity index (χ4n) is 3.10. The lowest BCUT2D eigenvalue weighted by molar-refractivity contribution is -0.138. The van der Waals surface area contributed by atoms with E-state index in [0.29, 0.717) is 24.4 Å². The van der Waals surface area contributed by atoms with E-state index in [-0.39, 0.29) is 24.8 Å². The number of rotatable bonds is 3. The lowest BCUT2D eigenvalue weighted by Gasteiger charge is -2.32. The molecule has 2 aromatic rings. The average Bonchev–Trinajstić information content (AvgIpc) is 2.60. The zero-order valence-corrected chi connectivity index (χ0v) is 14.6. The molecule has 0 atom stereocenters. The van der Waals surface area contributed by atoms with Crippen molar-refractivity contribution in [2.75, 3.05) is 13.1 Å². The van der Waals surface area contributed by atoms with Crippen molar-refractivity contribution < 1.29 is 27.1 Å². The zero-order chi connectivity index (χ0) is 19.6. The molecule has 1 aromatic heterocycles. The maximum absolute atomic E-state index is 13.1. The second-order valence-electron chi connectivity index (χ2n) is 6.38. The minimum absolute atomic E-state index is 0.229. The number of carbonyl (C=O) groups is 1. The second-order valence-corrected chi connectivity index (χ2v) is 6.38. The van der Waals surface area contributed by atoms with Crippen molar-refractivity contribution in [3.05, 3.63) is 63.7 Å². The molecule has 1 saturated heterocycles. The Morgan fingerprint density at radius 1 is 1.19 bits per heavy atom. The number of amides is 1. The van der Waals surface area contributed by atoms with E-state index in [2.05, 4.69) is 0 Å². The van der Waals surface area contributed by atoms with Crippen molar-refractivity contribution in [2.24, 2.45) is 0 Å². The summed E-state index contributed by atoms with van der Waals surface area (Å²) < 4.78 is 50.0. The van der Waals surface area contributed by atoms with Crippen molar-refractivity contribution in [1.29, 1.82) is 0 Å². The van der Waals surface area contributed by atoms with Crippen molar-refractivity contribution in [2.45, 2.75) is 32.0 Å². The first-order valence-electron chi connectivity index (χ1n) is 8.48. The number of likely N-dealkylation sites (tertiary alicyclic amines) is 1. The molecule has 27 heavy (non-hydrogen) atoms. The Bertz CT molecular complexity index is 883. The van der Waals surface area contributed by atoms with Crippen molar-refractivity contribution >= 4 is 5.91 Å². The van der Waals surface area contributed by atoms with Crippen molar-refractivity contribution in [1.82, 2.24) is 4.90 Å². The molecule has 0 N–H and O–H groups in total. The molecule has 0 aliphatic carbocycles. The van der Waals surface area contributed by atoms with Crippen molar-refractivity contribution in [3.63, 3.8) is 0 Å². The maximum Gasteiger partial charge on any atom is 0.417 e. The van der Waals surface area contributed by atoms with Gasteiger partial charge < -0.3 is 14.1 Å². The first kappa shape index (κ1) is 19.0. The minimum Gasteiger partial charge on any atom is -0.490 e. The molecule has 2 heterocycles. The van der Waals surface area contributed by atoms with E-state index < -0.39 is 23.3 Å². The van der Waals surface area contributed by atoms with Gasteiger partial charge in [-0.05, 0) is 19.1 Å². The first-order valence-corrected chi connectivity index (χ1v) is 8.48. The van der Waals surface area contributed by atoms with Crippen LogP contribution in [0.1, 0.15) is 34.5 Å². The normalized spacial score (nSPS) is 15.6. The Morgan fingerprint density at radius 3 is 2.48 bits per heavy atom. The van der Waals surface area contributed by atoms with E-state index in [1.165, 1.54) is 29.2 Å². The van der Waals surface area contributed by atoms with Gasteiger partial charge in [-0.25, -0.2) is 4.79 Å². The van der Waals surface area contributed by atoms with Gasteiger partial charge in [0.2, 0.25) is 0 Å². The molecule has 1 amide bonds. The third-order valence-electron chi connectivity index (χ3n) is 4.36. The van der Waals surface area contributed by atoms with Crippen LogP contribution in [0.15, 0.2) is 45.6 Å². The highest BCUT2D eigenvalue weighted by molar-refractivity contribution is 5.96. The topological polar surface area (TPSA) is 59.8 Å². The van der Waals surface area contributed by atoms with E-state index in [4.69, 9.17) is 9.15 Å². The van der Waals surface area contributed by atoms with Gasteiger partial charge in [0.1, 0.15) is 17.6 Å². The van der Waals surface area contributed by atoms with Gasteiger partial charge in [-0.15, -0.1) is 0 Å². The van der Waals surface area contributed by atoms with Crippen molar-refractivity contribution in [3.8, 4) is 5.75 Å². The van der Waals surface area contributed by atoms with Crippen LogP contribution in [-0.4, -0.2) is 30.0 Å². The summed E-state index contributed by atoms with van der Waals surface area (Å²) in [4.78, 5) is 25.3. The van der Waals surface area contributed by atoms with Crippen LogP contribution >= 0.6 is 0 Å². The van der Waals surface area contributed by atoms with Gasteiger partial charge in [-0.2, -0.15) is 13.2 Å². The molecule has 1 aromatic carbocycles. The van der Waals surface area contributed by atoms with Gasteiger partial charge in [-0.1, -0.05) is 12.1 Å². The summed E-state index contributed by atoms with van der Waals surface area (Å²) in [5, 5.41) is 0. The summed E-state index contributed by atoms with van der Waals surface area (Å²) in [6.07, 6.45) is -3.90. The third kappa shape index (κ3) is 4.50. The number of alkyl halides is 3. The van der Waals surface area contributed by atoms with E-state index in [1.807, 2.05) is 0 Å². The maximum atomic E-state index is 13.1. The van der Waals surface area contributed by atoms with Crippen LogP contribution in [0.25, 0.3) is 0 Å². The van der Waals surface area contributed by atoms with Crippen LogP contribution in [0, 0.1) is 6.92 Å². The van der Waals surface area contributed by atoms with E-state index >= 15 is 0 Å². The summed E-state index contributed by atoms with van der Waals surface area (Å²) in [7, 11) is 0. The first-order chi connectivity index (χ1) is 12.7. The molecule has 0 radical (unpaired) electrons. The predicted molar refractivity (Wildman–Crippen MR) is 90.7 cm³/mol. The number of ether oxygens (including phenoxy) is 1. The summed E-state index contributed by atoms with van der Waals surface area (Å²) in [6.45, 7) is 2.18. The lowest BCUT2D eigenvalue weighted by Crippen LogP contribution is -2.42. The quantitative estimate of drug-likeness (QED) is 0.814. The number of benzene rings is 1. The summed E-state index contributed by atoms with van der Waals surface area (Å²) in [5.41, 5.74) is -1.79. The van der Waals surface area contributed by atoms with Gasteiger partial charge in [0.05, 0.1) is 17.2 Å². The molecule has 0 bridgehead atoms. The Labute approximate surface area is 153 Å². The SMILES string of the molecule is Cc1cc(OC2CCN(C(=O)c3ccccc3C(F)(F)F)CC2)cc(=O)o1. The molecule has 1 aliphatic rings. The van der Waals surface area contributed by atoms with Crippen LogP contribution in [-0.2, 0) is 6.18 Å². The molecular formula is C19H18F3NO4. The number of hydrogen-bond acceptors (Lipinski definition) is 4. The molecule has 144 valence electrons. The zero-order valence-electron chi connectivity index (χ0n) is 14.6. The van der Waals surface area contributed by atoms with Crippen LogP contribution in [0.2, 0.25) is 0 Å². The third-order valence-corrected chi connectivity index (χ3v) is 4.36. The smallest absolute Gasteiger partial charge is 0.417 e. The van der Waals surface area contributed by atoms with E-state index in [1.54, 1.807) is 13.0 Å². The van der Waals surface area contributed by atoms with Gasteiger partial charge in [-0.3, -0.25) is 4.79 Å². The predicted octanol–water partition coefficient (Wildman–Crippen LogP) is 3.65. The molecule has 8 heteroatoms. The fraction of sp³-hybridized carbons (Fsp3) is 0.368. The number of aryl methyl sites for hydroxylation is 1. The highest BCUT2D eigenvalue weighted by Crippen LogP contribution is 2.32. The Kier molecular flexibility index (Phi) is 5.25. The summed E-state index contributed by atoms with van der Waals surface area (Å²) in [6, 6.07) is 7.62. The van der Waals surface area contributed by atoms with Gasteiger partial charge in [0.25, 0.3) is 5.91 Å². The van der Waals surface area contributed by atoms with Crippen LogP contribution in [0.4, 0.5) is 13.2 Å². The van der Waals surface area contributed by atoms with Crippen LogP contribution in [0.5, 0.6) is 5.75 Å². The highest BCUT2D eigenvalue weighted by Gasteiger charge is 2.36. The Balaban J connectivity index is 1.66. The summed E-state index contributed by atoms with van der Waals surface area (Å²) >= 11 is 0. The number of nitrogens with zero attached hydrogens (tertiary/aromatic N) is 1. The number of carbonyl (C=O) groups excluding carboxylic acids is 1. The molecule has 0 saturated carbocycles. The summed E-state index contributed by atoms with van der Waals surface area (Å²) in [5.74, 6) is 0.169. The molecule has 0 unspecified atom stereocenters. The number of halogens is 3. The monoisotopic (exact) mass is 381 g/mol. The highest BCUT2D eigenvalue weighted by atomic mass is 19.4. The molecule has 5 nitrogen and oxygen atoms in total. The standard InChI is InChI=1S/C19H18F3NO4/c1-12-10-14(11-17(24)26-12)27-13-6-8-23(9-7-13)18(25)15-4-2-3-5-16(15)19(20,21)22/h2-5,10-11,13H,6-9H2,1H3. The number of hydrogen-bond donors (Lipinski definition) is 0. The second kappa shape index (κ2) is 7.46. The molecule has 0 spiro atoms.